The Kier molecular flexibility index (Phi) is 21.2. The summed E-state index contributed by atoms with van der Waals surface area (Å²) in [5.74, 6) is 3.29. The fourth-order valence-corrected chi connectivity index (χ4v) is 10.1. The van der Waals surface area contributed by atoms with Crippen molar-refractivity contribution in [3.05, 3.63) is 50.2 Å². The van der Waals surface area contributed by atoms with Crippen molar-refractivity contribution in [3.8, 4) is 0 Å². The van der Waals surface area contributed by atoms with E-state index in [0.29, 0.717) is 16.3 Å². The minimum Gasteiger partial charge on any atom is -1.00 e. The number of quaternary nitrogens is 3. The van der Waals surface area contributed by atoms with E-state index in [1.165, 1.54) is 92.1 Å². The molecule has 330 valence electrons. The zero-order valence-electron chi connectivity index (χ0n) is 35.8. The smallest absolute Gasteiger partial charge is 0.189 e. The van der Waals surface area contributed by atoms with Gasteiger partial charge in [-0.05, 0) is 58.2 Å². The number of anilines is 2. The van der Waals surface area contributed by atoms with Crippen molar-refractivity contribution in [2.45, 2.75) is 69.1 Å². The molecule has 0 amide bonds. The van der Waals surface area contributed by atoms with Crippen molar-refractivity contribution in [1.82, 2.24) is 19.9 Å². The second kappa shape index (κ2) is 23.9. The molecule has 0 unspecified atom stereocenters. The van der Waals surface area contributed by atoms with Gasteiger partial charge < -0.3 is 61.1 Å². The van der Waals surface area contributed by atoms with Crippen molar-refractivity contribution in [2.24, 2.45) is 11.8 Å². The van der Waals surface area contributed by atoms with Crippen LogP contribution in [-0.2, 0) is 16.5 Å². The van der Waals surface area contributed by atoms with E-state index < -0.39 is 0 Å². The zero-order chi connectivity index (χ0) is 40.3. The van der Waals surface area contributed by atoms with Crippen molar-refractivity contribution in [2.75, 3.05) is 127 Å². The van der Waals surface area contributed by atoms with E-state index in [1.54, 1.807) is 11.8 Å². The number of rotatable bonds is 14. The van der Waals surface area contributed by atoms with Crippen LogP contribution in [0.5, 0.6) is 0 Å². The molecule has 58 heavy (non-hydrogen) atoms. The molecule has 4 aliphatic heterocycles. The van der Waals surface area contributed by atoms with Crippen LogP contribution < -0.4 is 33.8 Å². The fraction of sp³-hybridized carbons (Fsp3) is 0.674. The van der Waals surface area contributed by atoms with Crippen molar-refractivity contribution < 1.29 is 63.5 Å². The topological polar surface area (TPSA) is 92.2 Å². The van der Waals surface area contributed by atoms with E-state index in [-0.39, 0.29) is 40.5 Å². The number of carbonyl (C=O) groups excluding carboxylic acids is 2. The van der Waals surface area contributed by atoms with Gasteiger partial charge in [-0.25, -0.2) is 19.9 Å². The molecule has 4 saturated heterocycles. The molecule has 0 atom stereocenters. The van der Waals surface area contributed by atoms with Gasteiger partial charge in [0.1, 0.15) is 37.8 Å². The summed E-state index contributed by atoms with van der Waals surface area (Å²) in [6.45, 7) is 37.9. The number of piperazine rings is 3. The number of hydrogen-bond donors (Lipinski definition) is 0. The molecule has 0 saturated carbocycles. The van der Waals surface area contributed by atoms with Gasteiger partial charge in [-0.15, -0.1) is 0 Å². The first-order chi connectivity index (χ1) is 27.0. The molecule has 0 N–H and O–H groups in total. The van der Waals surface area contributed by atoms with Gasteiger partial charge in [-0.2, -0.15) is 12.8 Å². The molecule has 11 nitrogen and oxygen atoms in total. The zero-order valence-corrected chi connectivity index (χ0v) is 40.5. The van der Waals surface area contributed by atoms with E-state index in [1.807, 2.05) is 26.4 Å². The van der Waals surface area contributed by atoms with Crippen molar-refractivity contribution in [1.29, 1.82) is 0 Å². The molecule has 6 heterocycles. The van der Waals surface area contributed by atoms with E-state index in [9.17, 15) is 9.59 Å². The molecule has 4 aliphatic rings. The Balaban J connectivity index is 0.000000337. The molecule has 2 spiro atoms. The second-order valence-corrected chi connectivity index (χ2v) is 18.3. The molecule has 0 aromatic carbocycles. The monoisotopic (exact) mass is 993 g/mol. The van der Waals surface area contributed by atoms with Crippen LogP contribution in [0, 0.1) is 53.4 Å². The van der Waals surface area contributed by atoms with Gasteiger partial charge in [0.15, 0.2) is 22.9 Å². The maximum absolute atomic E-state index is 11.8. The first-order valence-electron chi connectivity index (χ1n) is 21.0. The summed E-state index contributed by atoms with van der Waals surface area (Å²) in [6.07, 6.45) is 14.8. The maximum Gasteiger partial charge on any atom is 0.189 e. The van der Waals surface area contributed by atoms with Crippen LogP contribution in [0.1, 0.15) is 77.0 Å². The van der Waals surface area contributed by atoms with Gasteiger partial charge in [-0.1, -0.05) is 48.7 Å². The predicted molar refractivity (Wildman–Crippen MR) is 232 cm³/mol. The van der Waals surface area contributed by atoms with Gasteiger partial charge in [-0.3, -0.25) is 23.4 Å². The summed E-state index contributed by atoms with van der Waals surface area (Å²) in [6, 6.07) is 0. The van der Waals surface area contributed by atoms with E-state index in [4.69, 9.17) is 4.98 Å². The third-order valence-electron chi connectivity index (χ3n) is 13.9. The SMILES string of the molecule is [CH2-]CC(C[CH2-])CCCC1CC[N+]2(CC1)CC[N+]1(CCN(c3nc(SC)nc(C)c3C=O)CC1)CC2.[CH2-]C[N+]1(C[CH2-])CCN(c2nc(SC)nc(C)c2C=O)CC1.[I-].[Ni]. The molecular formula is C43H70IN9NiO2S2-2. The average molecular weight is 995 g/mol. The number of aldehydes is 2. The standard InChI is InChI=1S/C28H47N5OS.C15H23N4OS.HI.Ni/c1-5-24(6-2)8-7-9-25-10-14-32(15-11-25)18-20-33(21-19-32)16-12-31(13-17-33)27-26(22-34)23(3)29-28(30-27)35-4;1-5-19(6-2)9-7-18(8-10-19)14-13(11-20)12(3)16-15(17-14)21-4;;/h22,24-25H,1-2,5-21H2,3-4H3;11H,1-2,5-10H2,3-4H3;1H;/q;-1;;/p-1. The van der Waals surface area contributed by atoms with Crippen LogP contribution in [-0.4, -0.2) is 163 Å². The molecular weight excluding hydrogens is 924 g/mol. The summed E-state index contributed by atoms with van der Waals surface area (Å²) < 4.78 is 3.57. The summed E-state index contributed by atoms with van der Waals surface area (Å²) in [4.78, 5) is 45.8. The number of aromatic nitrogens is 4. The maximum atomic E-state index is 11.8. The Morgan fingerprint density at radius 2 is 1.09 bits per heavy atom. The third kappa shape index (κ3) is 12.5. The predicted octanol–water partition coefficient (Wildman–Crippen LogP) is 3.06. The number of halogens is 1. The fourth-order valence-electron chi connectivity index (χ4n) is 9.34. The molecule has 4 fully saturated rings. The number of aryl methyl sites for hydroxylation is 2. The summed E-state index contributed by atoms with van der Waals surface area (Å²) in [5, 5.41) is 1.48. The summed E-state index contributed by atoms with van der Waals surface area (Å²) >= 11 is 3.05. The second-order valence-electron chi connectivity index (χ2n) is 16.8. The number of carbonyl (C=O) groups is 2. The molecule has 0 bridgehead atoms. The Morgan fingerprint density at radius 1 is 0.672 bits per heavy atom. The van der Waals surface area contributed by atoms with Gasteiger partial charge >= 0.3 is 0 Å². The quantitative estimate of drug-likeness (QED) is 0.0536. The van der Waals surface area contributed by atoms with Crippen LogP contribution in [0.4, 0.5) is 11.6 Å². The average Bonchev–Trinajstić information content (AvgIpc) is 3.24. The number of piperidine rings is 1. The number of hydrogen-bond acceptors (Lipinski definition) is 10. The van der Waals surface area contributed by atoms with E-state index in [0.717, 1.165) is 135 Å². The van der Waals surface area contributed by atoms with Crippen LogP contribution >= 0.6 is 23.5 Å². The molecule has 2 aromatic heterocycles. The van der Waals surface area contributed by atoms with Crippen LogP contribution in [0.2, 0.25) is 0 Å². The van der Waals surface area contributed by atoms with Crippen molar-refractivity contribution in [3.63, 3.8) is 0 Å². The first kappa shape index (κ1) is 51.3. The summed E-state index contributed by atoms with van der Waals surface area (Å²) in [7, 11) is 0. The molecule has 0 radical (unpaired) electrons. The van der Waals surface area contributed by atoms with Crippen LogP contribution in [0.3, 0.4) is 0 Å². The van der Waals surface area contributed by atoms with Crippen molar-refractivity contribution >= 4 is 47.7 Å². The normalized spacial score (nSPS) is 19.9. The molecule has 6 rings (SSSR count). The molecule has 15 heteroatoms. The number of nitrogens with zero attached hydrogens (tertiary/aromatic N) is 9. The minimum absolute atomic E-state index is 0. The van der Waals surface area contributed by atoms with Crippen LogP contribution in [0.25, 0.3) is 0 Å². The minimum atomic E-state index is 0. The van der Waals surface area contributed by atoms with Gasteiger partial charge in [0.2, 0.25) is 0 Å². The van der Waals surface area contributed by atoms with Gasteiger partial charge in [0, 0.05) is 16.5 Å². The van der Waals surface area contributed by atoms with Gasteiger partial charge in [0.25, 0.3) is 0 Å². The Bertz CT molecular complexity index is 1580. The first-order valence-corrected chi connectivity index (χ1v) is 23.5. The largest absolute Gasteiger partial charge is 1.00 e. The van der Waals surface area contributed by atoms with Crippen LogP contribution in [0.15, 0.2) is 10.3 Å². The Morgan fingerprint density at radius 3 is 1.47 bits per heavy atom. The Labute approximate surface area is 386 Å². The van der Waals surface area contributed by atoms with Gasteiger partial charge in [0.05, 0.1) is 88.0 Å². The van der Waals surface area contributed by atoms with E-state index in [2.05, 4.69) is 52.4 Å². The molecule has 2 aromatic rings. The van der Waals surface area contributed by atoms with E-state index >= 15 is 0 Å². The third-order valence-corrected chi connectivity index (χ3v) is 15.0. The number of thioether (sulfide) groups is 2. The summed E-state index contributed by atoms with van der Waals surface area (Å²) in [5.41, 5.74) is 2.81. The molecule has 0 aliphatic carbocycles. The Hall–Kier alpha value is -1.10.